The van der Waals surface area contributed by atoms with Crippen LogP contribution in [0.15, 0.2) is 42.7 Å². The van der Waals surface area contributed by atoms with Gasteiger partial charge < -0.3 is 10.6 Å². The number of halogens is 3. The van der Waals surface area contributed by atoms with Crippen molar-refractivity contribution in [2.75, 3.05) is 39.0 Å². The van der Waals surface area contributed by atoms with Crippen molar-refractivity contribution >= 4 is 22.6 Å². The largest absolute Gasteiger partial charge is 0.416 e. The Labute approximate surface area is 248 Å². The lowest BCUT2D eigenvalue weighted by atomic mass is 9.96. The molecule has 2 N–H and O–H groups in total. The van der Waals surface area contributed by atoms with E-state index in [1.54, 1.807) is 16.8 Å². The number of fused-ring (bicyclic) bond motifs is 1. The van der Waals surface area contributed by atoms with Crippen molar-refractivity contribution in [1.29, 1.82) is 0 Å². The molecule has 0 amide bonds. The Morgan fingerprint density at radius 2 is 1.79 bits per heavy atom. The Bertz CT molecular complexity index is 1720. The van der Waals surface area contributed by atoms with Crippen LogP contribution in [0.1, 0.15) is 63.8 Å². The van der Waals surface area contributed by atoms with Gasteiger partial charge in [0.25, 0.3) is 0 Å². The maximum Gasteiger partial charge on any atom is 0.416 e. The Morgan fingerprint density at radius 1 is 1.05 bits per heavy atom. The fourth-order valence-electron chi connectivity index (χ4n) is 5.17. The normalized spacial score (nSPS) is 14.7. The fourth-order valence-corrected chi connectivity index (χ4v) is 5.17. The first kappa shape index (κ1) is 30.2. The highest BCUT2D eigenvalue weighted by Gasteiger charge is 2.34. The third-order valence-electron chi connectivity index (χ3n) is 7.72. The summed E-state index contributed by atoms with van der Waals surface area (Å²) < 4.78 is 43.9. The van der Waals surface area contributed by atoms with Gasteiger partial charge >= 0.3 is 6.18 Å². The first-order valence-electron chi connectivity index (χ1n) is 14.1. The topological polar surface area (TPSA) is 93.2 Å². The highest BCUT2D eigenvalue weighted by molar-refractivity contribution is 5.98. The lowest BCUT2D eigenvalue weighted by Gasteiger charge is -2.33. The molecule has 2 aromatic carbocycles. The molecule has 224 valence electrons. The molecule has 1 fully saturated rings. The number of hydrogen-bond donors (Lipinski definition) is 1. The quantitative estimate of drug-likeness (QED) is 0.253. The average Bonchev–Trinajstić information content (AvgIpc) is 3.34. The standard InChI is InChI=1S/C32H34F3N7O/c1-20(2)42-31-29(30(36)37-19-38-31)27(39-42)10-9-23-15-22(6-5-21(23)3)16-28(43)24-7-8-25(26(17-24)32(33,34)35)18-41-13-11-40(4)12-14-41/h5-8,15,17,19-20H,11-14,16,18H2,1-4H3,(H2,36,37,38). The number of carbonyl (C=O) groups excluding carboxylic acids is 1. The fraction of sp³-hybridized carbons (Fsp3) is 0.375. The average molecular weight is 590 g/mol. The SMILES string of the molecule is Cc1ccc(CC(=O)c2ccc(CN3CCN(C)CC3)c(C(F)(F)F)c2)cc1C#Cc1nn(C(C)C)c2ncnc(N)c12. The number of anilines is 1. The van der Waals surface area contributed by atoms with Crippen LogP contribution in [0.2, 0.25) is 0 Å². The molecule has 0 radical (unpaired) electrons. The van der Waals surface area contributed by atoms with Crippen molar-refractivity contribution in [3.05, 3.63) is 81.8 Å². The molecule has 0 unspecified atom stereocenters. The number of benzene rings is 2. The Morgan fingerprint density at radius 3 is 2.49 bits per heavy atom. The van der Waals surface area contributed by atoms with Gasteiger partial charge in [0.05, 0.1) is 10.9 Å². The molecule has 2 aromatic heterocycles. The second kappa shape index (κ2) is 12.1. The summed E-state index contributed by atoms with van der Waals surface area (Å²) in [5, 5.41) is 5.16. The molecule has 4 aromatic rings. The Hall–Kier alpha value is -4.27. The molecular weight excluding hydrogens is 555 g/mol. The number of ketones is 1. The van der Waals surface area contributed by atoms with Gasteiger partial charge in [0.15, 0.2) is 11.4 Å². The number of rotatable bonds is 6. The van der Waals surface area contributed by atoms with Crippen LogP contribution in [-0.2, 0) is 19.1 Å². The van der Waals surface area contributed by atoms with Crippen LogP contribution in [0, 0.1) is 18.8 Å². The summed E-state index contributed by atoms with van der Waals surface area (Å²) in [6.45, 7) is 9.05. The van der Waals surface area contributed by atoms with E-state index in [4.69, 9.17) is 5.73 Å². The van der Waals surface area contributed by atoms with E-state index in [1.165, 1.54) is 18.5 Å². The first-order valence-corrected chi connectivity index (χ1v) is 14.1. The number of Topliss-reactive ketones (excluding diaryl/α,β-unsaturated/α-hetero) is 1. The maximum absolute atomic E-state index is 14.0. The number of hydrogen-bond acceptors (Lipinski definition) is 7. The van der Waals surface area contributed by atoms with Crippen molar-refractivity contribution in [1.82, 2.24) is 29.5 Å². The van der Waals surface area contributed by atoms with Crippen LogP contribution in [0.4, 0.5) is 19.0 Å². The summed E-state index contributed by atoms with van der Waals surface area (Å²) in [5.74, 6) is 6.09. The van der Waals surface area contributed by atoms with E-state index in [9.17, 15) is 18.0 Å². The minimum Gasteiger partial charge on any atom is -0.383 e. The Balaban J connectivity index is 1.39. The number of likely N-dealkylation sites (N-methyl/N-ethyl adjacent to an activating group) is 1. The zero-order valence-electron chi connectivity index (χ0n) is 24.7. The van der Waals surface area contributed by atoms with E-state index in [0.717, 1.165) is 24.7 Å². The number of carbonyl (C=O) groups is 1. The minimum atomic E-state index is -4.56. The zero-order chi connectivity index (χ0) is 30.9. The smallest absolute Gasteiger partial charge is 0.383 e. The number of aryl methyl sites for hydroxylation is 1. The van der Waals surface area contributed by atoms with Crippen LogP contribution in [0.3, 0.4) is 0 Å². The second-order valence-corrected chi connectivity index (χ2v) is 11.3. The van der Waals surface area contributed by atoms with Crippen LogP contribution >= 0.6 is 0 Å². The molecule has 1 aliphatic rings. The number of alkyl halides is 3. The molecule has 0 atom stereocenters. The minimum absolute atomic E-state index is 0.0298. The monoisotopic (exact) mass is 589 g/mol. The molecule has 11 heteroatoms. The van der Waals surface area contributed by atoms with Gasteiger partial charge in [0, 0.05) is 56.3 Å². The first-order chi connectivity index (χ1) is 20.4. The molecular formula is C32H34F3N7O. The molecule has 1 saturated heterocycles. The summed E-state index contributed by atoms with van der Waals surface area (Å²) >= 11 is 0. The zero-order valence-corrected chi connectivity index (χ0v) is 24.7. The van der Waals surface area contributed by atoms with Crippen LogP contribution in [0.25, 0.3) is 11.0 Å². The number of nitrogen functional groups attached to an aromatic ring is 1. The van der Waals surface area contributed by atoms with E-state index in [1.807, 2.05) is 38.8 Å². The third-order valence-corrected chi connectivity index (χ3v) is 7.72. The summed E-state index contributed by atoms with van der Waals surface area (Å²) in [4.78, 5) is 25.8. The molecule has 0 spiro atoms. The molecule has 0 bridgehead atoms. The van der Waals surface area contributed by atoms with Gasteiger partial charge in [0.2, 0.25) is 0 Å². The predicted molar refractivity (Wildman–Crippen MR) is 160 cm³/mol. The molecule has 43 heavy (non-hydrogen) atoms. The summed E-state index contributed by atoms with van der Waals surface area (Å²) in [6, 6.07) is 9.38. The van der Waals surface area contributed by atoms with Crippen molar-refractivity contribution in [2.24, 2.45) is 0 Å². The van der Waals surface area contributed by atoms with Gasteiger partial charge in [-0.05, 0) is 62.6 Å². The van der Waals surface area contributed by atoms with Crippen molar-refractivity contribution in [3.8, 4) is 11.8 Å². The molecule has 0 saturated carbocycles. The maximum atomic E-state index is 14.0. The number of aromatic nitrogens is 4. The van der Waals surface area contributed by atoms with Gasteiger partial charge in [0.1, 0.15) is 17.8 Å². The molecule has 8 nitrogen and oxygen atoms in total. The summed E-state index contributed by atoms with van der Waals surface area (Å²) in [5.41, 5.74) is 8.81. The summed E-state index contributed by atoms with van der Waals surface area (Å²) in [7, 11) is 2.00. The van der Waals surface area contributed by atoms with Gasteiger partial charge in [-0.2, -0.15) is 18.3 Å². The number of nitrogens with two attached hydrogens (primary N) is 1. The molecule has 3 heterocycles. The Kier molecular flexibility index (Phi) is 8.53. The van der Waals surface area contributed by atoms with E-state index in [2.05, 4.69) is 31.8 Å². The van der Waals surface area contributed by atoms with Crippen molar-refractivity contribution in [3.63, 3.8) is 0 Å². The molecule has 0 aliphatic carbocycles. The van der Waals surface area contributed by atoms with Gasteiger partial charge in [-0.3, -0.25) is 9.69 Å². The molecule has 5 rings (SSSR count). The number of piperazine rings is 1. The van der Waals surface area contributed by atoms with E-state index in [-0.39, 0.29) is 36.0 Å². The van der Waals surface area contributed by atoms with Gasteiger partial charge in [-0.25, -0.2) is 14.6 Å². The van der Waals surface area contributed by atoms with Crippen LogP contribution in [-0.4, -0.2) is 68.6 Å². The van der Waals surface area contributed by atoms with Crippen molar-refractivity contribution in [2.45, 2.75) is 46.0 Å². The highest BCUT2D eigenvalue weighted by Crippen LogP contribution is 2.34. The molecule has 1 aliphatic heterocycles. The van der Waals surface area contributed by atoms with E-state index in [0.29, 0.717) is 40.9 Å². The third kappa shape index (κ3) is 6.71. The van der Waals surface area contributed by atoms with E-state index >= 15 is 0 Å². The number of nitrogens with zero attached hydrogens (tertiary/aromatic N) is 6. The lowest BCUT2D eigenvalue weighted by Crippen LogP contribution is -2.44. The highest BCUT2D eigenvalue weighted by atomic mass is 19.4. The van der Waals surface area contributed by atoms with Gasteiger partial charge in [-0.15, -0.1) is 0 Å². The van der Waals surface area contributed by atoms with Crippen molar-refractivity contribution < 1.29 is 18.0 Å². The van der Waals surface area contributed by atoms with Crippen LogP contribution < -0.4 is 5.73 Å². The lowest BCUT2D eigenvalue weighted by molar-refractivity contribution is -0.138. The van der Waals surface area contributed by atoms with E-state index < -0.39 is 17.5 Å². The second-order valence-electron chi connectivity index (χ2n) is 11.3. The summed E-state index contributed by atoms with van der Waals surface area (Å²) in [6.07, 6.45) is -3.24. The van der Waals surface area contributed by atoms with Crippen LogP contribution in [0.5, 0.6) is 0 Å². The predicted octanol–water partition coefficient (Wildman–Crippen LogP) is 4.89. The van der Waals surface area contributed by atoms with Gasteiger partial charge in [-0.1, -0.05) is 30.2 Å².